The van der Waals surface area contributed by atoms with Gasteiger partial charge in [0.25, 0.3) is 0 Å². The van der Waals surface area contributed by atoms with Crippen molar-refractivity contribution in [1.82, 2.24) is 10.2 Å². The van der Waals surface area contributed by atoms with Gasteiger partial charge in [-0.25, -0.2) is 9.59 Å². The maximum atomic E-state index is 11.9. The van der Waals surface area contributed by atoms with Gasteiger partial charge in [-0.05, 0) is 39.0 Å². The lowest BCUT2D eigenvalue weighted by molar-refractivity contribution is -0.139. The number of amides is 2. The number of nitrogens with zero attached hydrogens (tertiary/aromatic N) is 1. The monoisotopic (exact) mass is 242 g/mol. The normalized spacial score (nSPS) is 17.4. The fraction of sp³-hybridized carbons (Fsp3) is 0.833. The fourth-order valence-electron chi connectivity index (χ4n) is 1.55. The average Bonchev–Trinajstić information content (AvgIpc) is 3.07. The van der Waals surface area contributed by atoms with Gasteiger partial charge < -0.3 is 15.3 Å². The first-order valence-corrected chi connectivity index (χ1v) is 6.06. The van der Waals surface area contributed by atoms with Crippen molar-refractivity contribution in [2.24, 2.45) is 5.92 Å². The third-order valence-corrected chi connectivity index (χ3v) is 3.72. The highest BCUT2D eigenvalue weighted by atomic mass is 16.4. The molecule has 5 nitrogen and oxygen atoms in total. The van der Waals surface area contributed by atoms with E-state index in [0.717, 1.165) is 19.3 Å². The van der Waals surface area contributed by atoms with E-state index < -0.39 is 12.0 Å². The molecule has 1 rings (SSSR count). The van der Waals surface area contributed by atoms with Crippen LogP contribution in [0.4, 0.5) is 4.79 Å². The van der Waals surface area contributed by atoms with Crippen LogP contribution in [-0.4, -0.2) is 40.6 Å². The largest absolute Gasteiger partial charge is 0.480 e. The Balaban J connectivity index is 2.61. The van der Waals surface area contributed by atoms with E-state index in [1.165, 1.54) is 0 Å². The van der Waals surface area contributed by atoms with Gasteiger partial charge in [0.15, 0.2) is 0 Å². The van der Waals surface area contributed by atoms with Gasteiger partial charge in [0.05, 0.1) is 0 Å². The Morgan fingerprint density at radius 1 is 1.47 bits per heavy atom. The molecule has 0 bridgehead atoms. The van der Waals surface area contributed by atoms with Gasteiger partial charge in [0.1, 0.15) is 6.04 Å². The van der Waals surface area contributed by atoms with Gasteiger partial charge in [-0.3, -0.25) is 0 Å². The minimum Gasteiger partial charge on any atom is -0.480 e. The molecule has 0 saturated heterocycles. The van der Waals surface area contributed by atoms with Crippen LogP contribution in [0.1, 0.15) is 40.0 Å². The van der Waals surface area contributed by atoms with Gasteiger partial charge in [0, 0.05) is 12.6 Å². The number of carbonyl (C=O) groups excluding carboxylic acids is 1. The first-order valence-electron chi connectivity index (χ1n) is 6.06. The minimum absolute atomic E-state index is 0.106. The summed E-state index contributed by atoms with van der Waals surface area (Å²) in [6.45, 7) is 5.91. The molecule has 0 aromatic rings. The Bertz CT molecular complexity index is 311. The van der Waals surface area contributed by atoms with Gasteiger partial charge in [0.2, 0.25) is 0 Å². The Morgan fingerprint density at radius 3 is 2.35 bits per heavy atom. The zero-order valence-electron chi connectivity index (χ0n) is 11.0. The SMILES string of the molecule is CCC(C)(C)N(C)C(=O)NC(C(=O)O)C1CC1. The number of carboxylic acid groups (broad SMARTS) is 1. The number of hydrogen-bond acceptors (Lipinski definition) is 2. The van der Waals surface area contributed by atoms with Crippen LogP contribution in [0.2, 0.25) is 0 Å². The molecule has 1 unspecified atom stereocenters. The minimum atomic E-state index is -0.941. The van der Waals surface area contributed by atoms with E-state index in [2.05, 4.69) is 5.32 Å². The van der Waals surface area contributed by atoms with Crippen LogP contribution in [0.25, 0.3) is 0 Å². The van der Waals surface area contributed by atoms with Crippen molar-refractivity contribution in [3.8, 4) is 0 Å². The third-order valence-electron chi connectivity index (χ3n) is 3.72. The van der Waals surface area contributed by atoms with Crippen LogP contribution < -0.4 is 5.32 Å². The molecule has 1 aliphatic rings. The number of carbonyl (C=O) groups is 2. The first kappa shape index (κ1) is 13.8. The molecule has 2 N–H and O–H groups in total. The number of carboxylic acids is 1. The van der Waals surface area contributed by atoms with Gasteiger partial charge in [-0.15, -0.1) is 0 Å². The van der Waals surface area contributed by atoms with Gasteiger partial charge in [-0.1, -0.05) is 6.92 Å². The second-order valence-electron chi connectivity index (χ2n) is 5.33. The molecule has 2 amide bonds. The average molecular weight is 242 g/mol. The lowest BCUT2D eigenvalue weighted by atomic mass is 10.0. The first-order chi connectivity index (χ1) is 7.79. The summed E-state index contributed by atoms with van der Waals surface area (Å²) in [4.78, 5) is 24.5. The van der Waals surface area contributed by atoms with Gasteiger partial charge >= 0.3 is 12.0 Å². The summed E-state index contributed by atoms with van der Waals surface area (Å²) in [6.07, 6.45) is 2.59. The second-order valence-corrected chi connectivity index (χ2v) is 5.33. The molecule has 1 aliphatic carbocycles. The van der Waals surface area contributed by atoms with Crippen LogP contribution in [0, 0.1) is 5.92 Å². The van der Waals surface area contributed by atoms with Crippen molar-refractivity contribution in [3.63, 3.8) is 0 Å². The van der Waals surface area contributed by atoms with Crippen LogP contribution in [0.3, 0.4) is 0 Å². The van der Waals surface area contributed by atoms with Crippen LogP contribution >= 0.6 is 0 Å². The zero-order chi connectivity index (χ0) is 13.2. The molecule has 0 radical (unpaired) electrons. The van der Waals surface area contributed by atoms with E-state index in [1.807, 2.05) is 20.8 Å². The molecule has 98 valence electrons. The molecule has 1 fully saturated rings. The molecule has 0 spiro atoms. The topological polar surface area (TPSA) is 69.6 Å². The molecule has 5 heteroatoms. The van der Waals surface area contributed by atoms with Crippen molar-refractivity contribution >= 4 is 12.0 Å². The molecular formula is C12H22N2O3. The molecule has 1 atom stereocenters. The maximum Gasteiger partial charge on any atom is 0.326 e. The van der Waals surface area contributed by atoms with E-state index in [4.69, 9.17) is 5.11 Å². The van der Waals surface area contributed by atoms with Crippen LogP contribution in [-0.2, 0) is 4.79 Å². The highest BCUT2D eigenvalue weighted by molar-refractivity contribution is 5.83. The number of urea groups is 1. The summed E-state index contributed by atoms with van der Waals surface area (Å²) < 4.78 is 0. The number of nitrogens with one attached hydrogen (secondary N) is 1. The Labute approximate surface area is 102 Å². The molecule has 0 heterocycles. The Hall–Kier alpha value is -1.26. The summed E-state index contributed by atoms with van der Waals surface area (Å²) in [5, 5.41) is 11.6. The quantitative estimate of drug-likeness (QED) is 0.770. The summed E-state index contributed by atoms with van der Waals surface area (Å²) in [5.41, 5.74) is -0.267. The van der Waals surface area contributed by atoms with Crippen molar-refractivity contribution in [3.05, 3.63) is 0 Å². The third kappa shape index (κ3) is 3.35. The lowest BCUT2D eigenvalue weighted by Crippen LogP contribution is -2.53. The van der Waals surface area contributed by atoms with Crippen molar-refractivity contribution < 1.29 is 14.7 Å². The maximum absolute atomic E-state index is 11.9. The predicted molar refractivity (Wildman–Crippen MR) is 64.8 cm³/mol. The molecule has 1 saturated carbocycles. The zero-order valence-corrected chi connectivity index (χ0v) is 11.0. The standard InChI is InChI=1S/C12H22N2O3/c1-5-12(2,3)14(4)11(17)13-9(10(15)16)8-6-7-8/h8-9H,5-7H2,1-4H3,(H,13,17)(H,15,16). The molecule has 0 aromatic carbocycles. The van der Waals surface area contributed by atoms with E-state index in [-0.39, 0.29) is 17.5 Å². The Kier molecular flexibility index (Phi) is 4.01. The van der Waals surface area contributed by atoms with Crippen molar-refractivity contribution in [1.29, 1.82) is 0 Å². The van der Waals surface area contributed by atoms with E-state index >= 15 is 0 Å². The Morgan fingerprint density at radius 2 is 2.00 bits per heavy atom. The molecule has 0 aliphatic heterocycles. The van der Waals surface area contributed by atoms with Crippen LogP contribution in [0.15, 0.2) is 0 Å². The second kappa shape index (κ2) is 4.94. The number of aliphatic carboxylic acids is 1. The summed E-state index contributed by atoms with van der Waals surface area (Å²) in [7, 11) is 1.70. The smallest absolute Gasteiger partial charge is 0.326 e. The number of rotatable bonds is 5. The van der Waals surface area contributed by atoms with Crippen LogP contribution in [0.5, 0.6) is 0 Å². The molecular weight excluding hydrogens is 220 g/mol. The summed E-state index contributed by atoms with van der Waals surface area (Å²) in [5.74, 6) is -0.835. The van der Waals surface area contributed by atoms with E-state index in [1.54, 1.807) is 11.9 Å². The summed E-state index contributed by atoms with van der Waals surface area (Å²) >= 11 is 0. The van der Waals surface area contributed by atoms with Crippen molar-refractivity contribution in [2.45, 2.75) is 51.6 Å². The van der Waals surface area contributed by atoms with Gasteiger partial charge in [-0.2, -0.15) is 0 Å². The van der Waals surface area contributed by atoms with E-state index in [0.29, 0.717) is 0 Å². The predicted octanol–water partition coefficient (Wildman–Crippen LogP) is 1.68. The highest BCUT2D eigenvalue weighted by Crippen LogP contribution is 2.33. The van der Waals surface area contributed by atoms with E-state index in [9.17, 15) is 9.59 Å². The highest BCUT2D eigenvalue weighted by Gasteiger charge is 2.38. The molecule has 0 aromatic heterocycles. The fourth-order valence-corrected chi connectivity index (χ4v) is 1.55. The number of hydrogen-bond donors (Lipinski definition) is 2. The van der Waals surface area contributed by atoms with Crippen molar-refractivity contribution in [2.75, 3.05) is 7.05 Å². The lowest BCUT2D eigenvalue weighted by Gasteiger charge is -2.35. The molecule has 17 heavy (non-hydrogen) atoms. The summed E-state index contributed by atoms with van der Waals surface area (Å²) in [6, 6.07) is -1.05.